The molecule has 5 nitrogen and oxygen atoms in total. The number of benzene rings is 1. The Kier molecular flexibility index (Phi) is 5.38. The van der Waals surface area contributed by atoms with Gasteiger partial charge in [-0.05, 0) is 55.0 Å². The number of rotatable bonds is 3. The zero-order valence-electron chi connectivity index (χ0n) is 17.2. The van der Waals surface area contributed by atoms with Gasteiger partial charge in [0.05, 0.1) is 16.9 Å². The lowest BCUT2D eigenvalue weighted by Crippen LogP contribution is -2.12. The minimum Gasteiger partial charge on any atom is -0.397 e. The molecule has 0 spiro atoms. The van der Waals surface area contributed by atoms with Crippen LogP contribution in [0.1, 0.15) is 39.0 Å². The van der Waals surface area contributed by atoms with Crippen LogP contribution in [0.2, 0.25) is 5.02 Å². The topological polar surface area (TPSA) is 91.8 Å². The van der Waals surface area contributed by atoms with Gasteiger partial charge in [-0.2, -0.15) is 5.26 Å². The monoisotopic (exact) mass is 478 g/mol. The van der Waals surface area contributed by atoms with Crippen molar-refractivity contribution >= 4 is 61.1 Å². The number of nitrogens with zero attached hydrogens (tertiary/aromatic N) is 2. The molecule has 0 fully saturated rings. The van der Waals surface area contributed by atoms with E-state index in [1.54, 1.807) is 0 Å². The number of carbonyl (C=O) groups is 1. The van der Waals surface area contributed by atoms with Gasteiger partial charge in [0.15, 0.2) is 0 Å². The van der Waals surface area contributed by atoms with E-state index in [4.69, 9.17) is 22.3 Å². The average molecular weight is 479 g/mol. The number of nitrogens with two attached hydrogens (primary N) is 1. The van der Waals surface area contributed by atoms with Crippen LogP contribution < -0.4 is 11.1 Å². The second-order valence-corrected chi connectivity index (χ2v) is 10.6. The largest absolute Gasteiger partial charge is 0.397 e. The minimum absolute atomic E-state index is 0.304. The lowest BCUT2D eigenvalue weighted by atomic mass is 9.89. The van der Waals surface area contributed by atoms with Crippen molar-refractivity contribution in [3.63, 3.8) is 0 Å². The Hall–Kier alpha value is -2.92. The van der Waals surface area contributed by atoms with Gasteiger partial charge in [-0.1, -0.05) is 30.7 Å². The third-order valence-electron chi connectivity index (χ3n) is 5.79. The molecule has 0 aliphatic heterocycles. The van der Waals surface area contributed by atoms with Crippen LogP contribution in [0, 0.1) is 17.2 Å². The summed E-state index contributed by atoms with van der Waals surface area (Å²) in [7, 11) is 0. The van der Waals surface area contributed by atoms with E-state index >= 15 is 0 Å². The molecule has 160 valence electrons. The van der Waals surface area contributed by atoms with Crippen LogP contribution in [-0.4, -0.2) is 10.9 Å². The molecule has 1 aliphatic rings. The fraction of sp³-hybridized carbons (Fsp3) is 0.208. The molecule has 8 heteroatoms. The first kappa shape index (κ1) is 21.0. The van der Waals surface area contributed by atoms with Crippen molar-refractivity contribution < 1.29 is 4.79 Å². The number of hydrogen-bond acceptors (Lipinski definition) is 6. The van der Waals surface area contributed by atoms with Gasteiger partial charge in [0, 0.05) is 20.8 Å². The average Bonchev–Trinajstić information content (AvgIpc) is 3.30. The van der Waals surface area contributed by atoms with E-state index in [1.807, 2.05) is 36.4 Å². The van der Waals surface area contributed by atoms with Crippen LogP contribution in [0.5, 0.6) is 0 Å². The maximum atomic E-state index is 13.1. The molecule has 1 unspecified atom stereocenters. The number of thiophene rings is 2. The summed E-state index contributed by atoms with van der Waals surface area (Å²) < 4.78 is 0. The summed E-state index contributed by atoms with van der Waals surface area (Å²) in [5.41, 5.74) is 10.1. The SMILES string of the molecule is CC1CCc2c(sc(NC(=O)c3sc4nc(-c5ccc(Cl)cc5)ccc4c3N)c2C#N)C1. The number of anilines is 2. The van der Waals surface area contributed by atoms with Crippen molar-refractivity contribution in [3.05, 3.63) is 62.3 Å². The molecule has 0 bridgehead atoms. The molecule has 1 amide bonds. The molecule has 1 aromatic carbocycles. The molecule has 1 aliphatic carbocycles. The molecular weight excluding hydrogens is 460 g/mol. The van der Waals surface area contributed by atoms with Crippen molar-refractivity contribution in [1.82, 2.24) is 4.98 Å². The molecule has 0 radical (unpaired) electrons. The fourth-order valence-corrected chi connectivity index (χ4v) is 6.54. The third kappa shape index (κ3) is 3.65. The highest BCUT2D eigenvalue weighted by atomic mass is 35.5. The van der Waals surface area contributed by atoms with Crippen LogP contribution in [-0.2, 0) is 12.8 Å². The van der Waals surface area contributed by atoms with Crippen molar-refractivity contribution in [2.24, 2.45) is 5.92 Å². The van der Waals surface area contributed by atoms with E-state index in [2.05, 4.69) is 18.3 Å². The predicted octanol–water partition coefficient (Wildman–Crippen LogP) is 6.51. The summed E-state index contributed by atoms with van der Waals surface area (Å²) in [6, 6.07) is 13.5. The second-order valence-electron chi connectivity index (χ2n) is 8.02. The first-order chi connectivity index (χ1) is 15.4. The third-order valence-corrected chi connectivity index (χ3v) is 8.33. The smallest absolute Gasteiger partial charge is 0.268 e. The molecule has 0 saturated heterocycles. The van der Waals surface area contributed by atoms with Crippen molar-refractivity contribution in [1.29, 1.82) is 5.26 Å². The fourth-order valence-electron chi connectivity index (χ4n) is 4.06. The van der Waals surface area contributed by atoms with Gasteiger partial charge in [-0.25, -0.2) is 4.98 Å². The van der Waals surface area contributed by atoms with Gasteiger partial charge in [-0.15, -0.1) is 22.7 Å². The number of fused-ring (bicyclic) bond motifs is 2. The zero-order chi connectivity index (χ0) is 22.4. The summed E-state index contributed by atoms with van der Waals surface area (Å²) in [5, 5.41) is 14.7. The van der Waals surface area contributed by atoms with Crippen molar-refractivity contribution in [2.45, 2.75) is 26.2 Å². The Morgan fingerprint density at radius 1 is 1.25 bits per heavy atom. The molecule has 32 heavy (non-hydrogen) atoms. The standard InChI is InChI=1S/C24H19ClN4OS2/c1-12-2-7-15-17(11-26)24(31-19(15)10-12)29-22(30)21-20(27)16-8-9-18(28-23(16)32-21)13-3-5-14(25)6-4-13/h3-6,8-9,12H,2,7,10,27H2,1H3,(H,29,30). The molecule has 0 saturated carbocycles. The number of halogens is 1. The number of carbonyl (C=O) groups excluding carboxylic acids is 1. The number of hydrogen-bond donors (Lipinski definition) is 2. The molecular formula is C24H19ClN4OS2. The Morgan fingerprint density at radius 2 is 2.03 bits per heavy atom. The first-order valence-corrected chi connectivity index (χ1v) is 12.3. The highest BCUT2D eigenvalue weighted by Crippen LogP contribution is 2.40. The highest BCUT2D eigenvalue weighted by molar-refractivity contribution is 7.21. The van der Waals surface area contributed by atoms with Gasteiger partial charge in [0.25, 0.3) is 5.91 Å². The van der Waals surface area contributed by atoms with Gasteiger partial charge in [-0.3, -0.25) is 4.79 Å². The summed E-state index contributed by atoms with van der Waals surface area (Å²) in [6.45, 7) is 2.22. The quantitative estimate of drug-likeness (QED) is 0.351. The summed E-state index contributed by atoms with van der Waals surface area (Å²) in [6.07, 6.45) is 2.90. The Morgan fingerprint density at radius 3 is 2.78 bits per heavy atom. The predicted molar refractivity (Wildman–Crippen MR) is 133 cm³/mol. The molecule has 5 rings (SSSR count). The van der Waals surface area contributed by atoms with Crippen LogP contribution in [0.3, 0.4) is 0 Å². The van der Waals surface area contributed by atoms with Crippen molar-refractivity contribution in [2.75, 3.05) is 11.1 Å². The second kappa shape index (κ2) is 8.21. The highest BCUT2D eigenvalue weighted by Gasteiger charge is 2.26. The van der Waals surface area contributed by atoms with E-state index in [1.165, 1.54) is 27.6 Å². The van der Waals surface area contributed by atoms with E-state index in [0.717, 1.165) is 41.5 Å². The Balaban J connectivity index is 1.47. The Labute approximate surface area is 198 Å². The summed E-state index contributed by atoms with van der Waals surface area (Å²) >= 11 is 8.75. The van der Waals surface area contributed by atoms with Crippen LogP contribution in [0.4, 0.5) is 10.7 Å². The number of amides is 1. The lowest BCUT2D eigenvalue weighted by Gasteiger charge is -2.17. The van der Waals surface area contributed by atoms with Gasteiger partial charge in [0.2, 0.25) is 0 Å². The lowest BCUT2D eigenvalue weighted by molar-refractivity contribution is 0.103. The van der Waals surface area contributed by atoms with Gasteiger partial charge < -0.3 is 11.1 Å². The van der Waals surface area contributed by atoms with Crippen LogP contribution in [0.15, 0.2) is 36.4 Å². The zero-order valence-corrected chi connectivity index (χ0v) is 19.6. The minimum atomic E-state index is -0.304. The first-order valence-electron chi connectivity index (χ1n) is 10.3. The number of nitrogens with one attached hydrogen (secondary N) is 1. The van der Waals surface area contributed by atoms with E-state index in [9.17, 15) is 10.1 Å². The summed E-state index contributed by atoms with van der Waals surface area (Å²) in [5.74, 6) is 0.289. The summed E-state index contributed by atoms with van der Waals surface area (Å²) in [4.78, 5) is 20.1. The maximum absolute atomic E-state index is 13.1. The number of pyridine rings is 1. The van der Waals surface area contributed by atoms with E-state index < -0.39 is 0 Å². The normalized spacial score (nSPS) is 15.3. The van der Waals surface area contributed by atoms with Crippen molar-refractivity contribution in [3.8, 4) is 17.3 Å². The van der Waals surface area contributed by atoms with E-state index in [0.29, 0.717) is 36.9 Å². The number of nitriles is 1. The number of nitrogen functional groups attached to an aromatic ring is 1. The number of aromatic nitrogens is 1. The maximum Gasteiger partial charge on any atom is 0.268 e. The molecule has 3 N–H and O–H groups in total. The van der Waals surface area contributed by atoms with Crippen LogP contribution >= 0.6 is 34.3 Å². The van der Waals surface area contributed by atoms with Crippen LogP contribution in [0.25, 0.3) is 21.5 Å². The molecule has 3 heterocycles. The van der Waals surface area contributed by atoms with E-state index in [-0.39, 0.29) is 5.91 Å². The Bertz CT molecular complexity index is 1400. The molecule has 4 aromatic rings. The molecule has 1 atom stereocenters. The van der Waals surface area contributed by atoms with Gasteiger partial charge in [0.1, 0.15) is 20.8 Å². The molecule has 3 aromatic heterocycles. The van der Waals surface area contributed by atoms with Gasteiger partial charge >= 0.3 is 0 Å².